The van der Waals surface area contributed by atoms with Gasteiger partial charge in [0.25, 0.3) is 5.91 Å². The number of hydrogen-bond acceptors (Lipinski definition) is 7. The van der Waals surface area contributed by atoms with Gasteiger partial charge in [0.15, 0.2) is 24.1 Å². The monoisotopic (exact) mass is 380 g/mol. The van der Waals surface area contributed by atoms with Crippen LogP contribution in [0.3, 0.4) is 0 Å². The number of amides is 1. The summed E-state index contributed by atoms with van der Waals surface area (Å²) in [6, 6.07) is 9.80. The van der Waals surface area contributed by atoms with E-state index in [0.29, 0.717) is 30.4 Å². The zero-order chi connectivity index (χ0) is 19.7. The number of fused-ring (bicyclic) bond motifs is 1. The summed E-state index contributed by atoms with van der Waals surface area (Å²) in [5.74, 6) is 0.938. The highest BCUT2D eigenvalue weighted by Crippen LogP contribution is 2.37. The minimum absolute atomic E-state index is 0.103. The first kappa shape index (κ1) is 18.4. The molecule has 1 aromatic carbocycles. The number of carbonyl (C=O) groups is 2. The number of nitrogens with one attached hydrogen (secondary N) is 1. The lowest BCUT2D eigenvalue weighted by molar-refractivity contribution is -0.108. The summed E-state index contributed by atoms with van der Waals surface area (Å²) in [4.78, 5) is 39.5. The summed E-state index contributed by atoms with van der Waals surface area (Å²) in [7, 11) is 2.05. The maximum absolute atomic E-state index is 12.9. The third-order valence-corrected chi connectivity index (χ3v) is 5.42. The summed E-state index contributed by atoms with van der Waals surface area (Å²) < 4.78 is 0. The Morgan fingerprint density at radius 1 is 1.21 bits per heavy atom. The highest BCUT2D eigenvalue weighted by atomic mass is 16.2. The molecule has 4 rings (SSSR count). The van der Waals surface area contributed by atoms with Gasteiger partial charge in [-0.05, 0) is 19.5 Å². The van der Waals surface area contributed by atoms with E-state index in [1.54, 1.807) is 4.90 Å². The van der Waals surface area contributed by atoms with Gasteiger partial charge in [-0.1, -0.05) is 30.3 Å². The largest absolute Gasteiger partial charge is 0.341 e. The van der Waals surface area contributed by atoms with Crippen LogP contribution in [0, 0.1) is 0 Å². The maximum atomic E-state index is 12.9. The first-order valence-corrected chi connectivity index (χ1v) is 9.48. The smallest absolute Gasteiger partial charge is 0.274 e. The molecule has 0 aliphatic carbocycles. The van der Waals surface area contributed by atoms with Crippen LogP contribution in [0.4, 0.5) is 11.6 Å². The molecule has 2 atom stereocenters. The van der Waals surface area contributed by atoms with Crippen molar-refractivity contribution >= 4 is 23.8 Å². The number of nitrogens with zero attached hydrogens (tertiary/aromatic N) is 5. The molecule has 0 radical (unpaired) electrons. The molecule has 1 unspecified atom stereocenters. The molecule has 0 bridgehead atoms. The molecule has 146 valence electrons. The van der Waals surface area contributed by atoms with Crippen molar-refractivity contribution < 1.29 is 9.59 Å². The van der Waals surface area contributed by atoms with Gasteiger partial charge < -0.3 is 20.0 Å². The minimum Gasteiger partial charge on any atom is -0.341 e. The van der Waals surface area contributed by atoms with Crippen molar-refractivity contribution in [1.29, 1.82) is 0 Å². The molecular weight excluding hydrogens is 356 g/mol. The standard InChI is InChI=1S/C20H24N6O2/c1-14(15-6-4-3-5-7-15)26-17(13-27)23-18-19(26)22-16(12-21-18)20(28)25-10-8-24(2)9-11-25/h3-7,12-14,17H,8-11H2,1-2H3,(H,21,23)/t14?,17-/m0/s1. The van der Waals surface area contributed by atoms with Gasteiger partial charge in [-0.25, -0.2) is 9.97 Å². The number of piperazine rings is 1. The first-order valence-electron chi connectivity index (χ1n) is 9.48. The molecule has 8 heteroatoms. The molecule has 1 saturated heterocycles. The number of aromatic nitrogens is 2. The fourth-order valence-corrected chi connectivity index (χ4v) is 3.69. The van der Waals surface area contributed by atoms with Gasteiger partial charge in [0.1, 0.15) is 5.69 Å². The average molecular weight is 380 g/mol. The molecule has 8 nitrogen and oxygen atoms in total. The number of hydrogen-bond donors (Lipinski definition) is 1. The zero-order valence-electron chi connectivity index (χ0n) is 16.1. The van der Waals surface area contributed by atoms with Crippen molar-refractivity contribution in [2.45, 2.75) is 19.1 Å². The topological polar surface area (TPSA) is 81.7 Å². The van der Waals surface area contributed by atoms with E-state index in [2.05, 4.69) is 20.2 Å². The van der Waals surface area contributed by atoms with Crippen molar-refractivity contribution in [3.05, 3.63) is 47.8 Å². The molecule has 0 spiro atoms. The number of aldehydes is 1. The lowest BCUT2D eigenvalue weighted by Gasteiger charge is -2.32. The molecule has 28 heavy (non-hydrogen) atoms. The number of likely N-dealkylation sites (N-methyl/N-ethyl adjacent to an activating group) is 1. The summed E-state index contributed by atoms with van der Waals surface area (Å²) >= 11 is 0. The molecule has 3 heterocycles. The Balaban J connectivity index is 1.64. The van der Waals surface area contributed by atoms with E-state index in [1.165, 1.54) is 6.20 Å². The van der Waals surface area contributed by atoms with E-state index in [0.717, 1.165) is 24.9 Å². The predicted octanol–water partition coefficient (Wildman–Crippen LogP) is 1.38. The Labute approximate surface area is 164 Å². The van der Waals surface area contributed by atoms with E-state index in [1.807, 2.05) is 49.2 Å². The van der Waals surface area contributed by atoms with Crippen molar-refractivity contribution in [2.75, 3.05) is 43.4 Å². The SMILES string of the molecule is CC(c1ccccc1)N1c2nc(C(=O)N3CCN(C)CC3)cnc2N[C@@H]1C=O. The normalized spacial score (nSPS) is 20.4. The van der Waals surface area contributed by atoms with E-state index in [4.69, 9.17) is 0 Å². The third kappa shape index (κ3) is 3.31. The summed E-state index contributed by atoms with van der Waals surface area (Å²) in [6.45, 7) is 5.05. The van der Waals surface area contributed by atoms with Crippen LogP contribution in [0.1, 0.15) is 29.0 Å². The van der Waals surface area contributed by atoms with Crippen molar-refractivity contribution in [2.24, 2.45) is 0 Å². The van der Waals surface area contributed by atoms with Crippen molar-refractivity contribution in [1.82, 2.24) is 19.8 Å². The molecule has 2 aliphatic heterocycles. The van der Waals surface area contributed by atoms with E-state index in [-0.39, 0.29) is 11.9 Å². The molecule has 2 aromatic rings. The van der Waals surface area contributed by atoms with Crippen LogP contribution >= 0.6 is 0 Å². The average Bonchev–Trinajstić information content (AvgIpc) is 3.11. The van der Waals surface area contributed by atoms with Crippen LogP contribution in [0.15, 0.2) is 36.5 Å². The highest BCUT2D eigenvalue weighted by molar-refractivity contribution is 5.93. The summed E-state index contributed by atoms with van der Waals surface area (Å²) in [6.07, 6.45) is 1.76. The molecule has 1 N–H and O–H groups in total. The number of benzene rings is 1. The van der Waals surface area contributed by atoms with Crippen LogP contribution < -0.4 is 10.2 Å². The zero-order valence-corrected chi connectivity index (χ0v) is 16.1. The van der Waals surface area contributed by atoms with E-state index < -0.39 is 6.17 Å². The molecule has 1 aromatic heterocycles. The van der Waals surface area contributed by atoms with E-state index >= 15 is 0 Å². The molecule has 1 amide bonds. The number of rotatable bonds is 4. The van der Waals surface area contributed by atoms with Gasteiger partial charge in [-0.2, -0.15) is 0 Å². The maximum Gasteiger partial charge on any atom is 0.274 e. The van der Waals surface area contributed by atoms with Crippen LogP contribution in [0.5, 0.6) is 0 Å². The van der Waals surface area contributed by atoms with Crippen LogP contribution in [-0.2, 0) is 4.79 Å². The van der Waals surface area contributed by atoms with E-state index in [9.17, 15) is 9.59 Å². The lowest BCUT2D eigenvalue weighted by Crippen LogP contribution is -2.47. The summed E-state index contributed by atoms with van der Waals surface area (Å²) in [5, 5.41) is 3.09. The van der Waals surface area contributed by atoms with Gasteiger partial charge in [-0.15, -0.1) is 0 Å². The number of carbonyl (C=O) groups excluding carboxylic acids is 2. The van der Waals surface area contributed by atoms with Crippen molar-refractivity contribution in [3.8, 4) is 0 Å². The predicted molar refractivity (Wildman–Crippen MR) is 106 cm³/mol. The third-order valence-electron chi connectivity index (χ3n) is 5.42. The second-order valence-electron chi connectivity index (χ2n) is 7.24. The molecule has 1 fully saturated rings. The fraction of sp³-hybridized carbons (Fsp3) is 0.400. The second-order valence-corrected chi connectivity index (χ2v) is 7.24. The second kappa shape index (κ2) is 7.55. The molecule has 2 aliphatic rings. The Kier molecular flexibility index (Phi) is 4.95. The highest BCUT2D eigenvalue weighted by Gasteiger charge is 2.36. The fourth-order valence-electron chi connectivity index (χ4n) is 3.69. The van der Waals surface area contributed by atoms with Gasteiger partial charge in [0.2, 0.25) is 0 Å². The van der Waals surface area contributed by atoms with Gasteiger partial charge in [0, 0.05) is 26.2 Å². The summed E-state index contributed by atoms with van der Waals surface area (Å²) in [5.41, 5.74) is 1.36. The van der Waals surface area contributed by atoms with Gasteiger partial charge in [-0.3, -0.25) is 9.59 Å². The Morgan fingerprint density at radius 3 is 2.61 bits per heavy atom. The van der Waals surface area contributed by atoms with Crippen molar-refractivity contribution in [3.63, 3.8) is 0 Å². The van der Waals surface area contributed by atoms with Gasteiger partial charge >= 0.3 is 0 Å². The first-order chi connectivity index (χ1) is 13.6. The van der Waals surface area contributed by atoms with Crippen LogP contribution in [0.2, 0.25) is 0 Å². The lowest BCUT2D eigenvalue weighted by atomic mass is 10.1. The molecular formula is C20H24N6O2. The van der Waals surface area contributed by atoms with Crippen LogP contribution in [0.25, 0.3) is 0 Å². The number of anilines is 2. The Bertz CT molecular complexity index is 866. The minimum atomic E-state index is -0.570. The molecule has 0 saturated carbocycles. The Morgan fingerprint density at radius 2 is 1.93 bits per heavy atom. The van der Waals surface area contributed by atoms with Gasteiger partial charge in [0.05, 0.1) is 12.2 Å². The Hall–Kier alpha value is -3.00. The van der Waals surface area contributed by atoms with Crippen LogP contribution in [-0.4, -0.2) is 71.4 Å². The quantitative estimate of drug-likeness (QED) is 0.803.